The number of nitrogens with one attached hydrogen (secondary N) is 2. The first kappa shape index (κ1) is 13.4. The molecule has 0 atom stereocenters. The molecule has 108 valence electrons. The SMILES string of the molecule is CCOc1cc(F)ccc1NCc1c[nH]c2ncccc12. The Bertz CT molecular complexity index is 754. The molecule has 2 aromatic heterocycles. The van der Waals surface area contributed by atoms with Crippen molar-refractivity contribution in [3.8, 4) is 5.75 Å². The number of hydrogen-bond donors (Lipinski definition) is 2. The third-order valence-electron chi connectivity index (χ3n) is 3.25. The van der Waals surface area contributed by atoms with Gasteiger partial charge in [-0.1, -0.05) is 0 Å². The second-order valence-corrected chi connectivity index (χ2v) is 4.64. The molecule has 0 aliphatic rings. The maximum atomic E-state index is 13.3. The molecule has 4 nitrogen and oxygen atoms in total. The maximum Gasteiger partial charge on any atom is 0.145 e. The van der Waals surface area contributed by atoms with E-state index in [1.54, 1.807) is 12.3 Å². The van der Waals surface area contributed by atoms with Crippen molar-refractivity contribution >= 4 is 16.7 Å². The third-order valence-corrected chi connectivity index (χ3v) is 3.25. The Morgan fingerprint density at radius 1 is 1.33 bits per heavy atom. The maximum absolute atomic E-state index is 13.3. The highest BCUT2D eigenvalue weighted by molar-refractivity contribution is 5.79. The van der Waals surface area contributed by atoms with E-state index in [1.807, 2.05) is 25.3 Å². The van der Waals surface area contributed by atoms with Crippen LogP contribution in [-0.4, -0.2) is 16.6 Å². The molecule has 2 heterocycles. The summed E-state index contributed by atoms with van der Waals surface area (Å²) in [5.74, 6) is 0.218. The number of fused-ring (bicyclic) bond motifs is 1. The number of halogens is 1. The Morgan fingerprint density at radius 3 is 3.10 bits per heavy atom. The van der Waals surface area contributed by atoms with Gasteiger partial charge in [-0.2, -0.15) is 0 Å². The van der Waals surface area contributed by atoms with Crippen molar-refractivity contribution < 1.29 is 9.13 Å². The molecule has 21 heavy (non-hydrogen) atoms. The van der Waals surface area contributed by atoms with Crippen LogP contribution in [0.2, 0.25) is 0 Å². The molecular formula is C16H16FN3O. The van der Waals surface area contributed by atoms with Gasteiger partial charge in [0.1, 0.15) is 17.2 Å². The van der Waals surface area contributed by atoms with Crippen LogP contribution in [-0.2, 0) is 6.54 Å². The van der Waals surface area contributed by atoms with E-state index in [4.69, 9.17) is 4.74 Å². The van der Waals surface area contributed by atoms with Crippen molar-refractivity contribution in [2.24, 2.45) is 0 Å². The van der Waals surface area contributed by atoms with Crippen molar-refractivity contribution in [1.29, 1.82) is 0 Å². The fourth-order valence-electron chi connectivity index (χ4n) is 2.27. The van der Waals surface area contributed by atoms with Gasteiger partial charge in [0.25, 0.3) is 0 Å². The molecule has 3 aromatic rings. The van der Waals surface area contributed by atoms with E-state index in [0.29, 0.717) is 18.9 Å². The second kappa shape index (κ2) is 5.83. The number of hydrogen-bond acceptors (Lipinski definition) is 3. The Hall–Kier alpha value is -2.56. The summed E-state index contributed by atoms with van der Waals surface area (Å²) in [7, 11) is 0. The minimum absolute atomic E-state index is 0.305. The summed E-state index contributed by atoms with van der Waals surface area (Å²) in [6.07, 6.45) is 3.68. The molecule has 0 unspecified atom stereocenters. The van der Waals surface area contributed by atoms with Gasteiger partial charge < -0.3 is 15.0 Å². The van der Waals surface area contributed by atoms with Crippen LogP contribution < -0.4 is 10.1 Å². The van der Waals surface area contributed by atoms with Crippen LogP contribution >= 0.6 is 0 Å². The van der Waals surface area contributed by atoms with Crippen molar-refractivity contribution in [3.63, 3.8) is 0 Å². The largest absolute Gasteiger partial charge is 0.492 e. The molecule has 0 spiro atoms. The molecule has 2 N–H and O–H groups in total. The van der Waals surface area contributed by atoms with Gasteiger partial charge in [-0.3, -0.25) is 0 Å². The minimum Gasteiger partial charge on any atom is -0.492 e. The van der Waals surface area contributed by atoms with Crippen LogP contribution in [0.15, 0.2) is 42.7 Å². The summed E-state index contributed by atoms with van der Waals surface area (Å²) >= 11 is 0. The van der Waals surface area contributed by atoms with Gasteiger partial charge in [0, 0.05) is 30.4 Å². The Labute approximate surface area is 122 Å². The Balaban J connectivity index is 1.81. The van der Waals surface area contributed by atoms with Gasteiger partial charge in [0.15, 0.2) is 0 Å². The van der Waals surface area contributed by atoms with E-state index < -0.39 is 0 Å². The van der Waals surface area contributed by atoms with Crippen LogP contribution in [0.5, 0.6) is 5.75 Å². The predicted molar refractivity (Wildman–Crippen MR) is 81.0 cm³/mol. The molecule has 0 bridgehead atoms. The molecule has 0 saturated carbocycles. The highest BCUT2D eigenvalue weighted by atomic mass is 19.1. The highest BCUT2D eigenvalue weighted by Gasteiger charge is 2.07. The highest BCUT2D eigenvalue weighted by Crippen LogP contribution is 2.26. The smallest absolute Gasteiger partial charge is 0.145 e. The van der Waals surface area contributed by atoms with Crippen LogP contribution in [0, 0.1) is 5.82 Å². The summed E-state index contributed by atoms with van der Waals surface area (Å²) in [6.45, 7) is 2.98. The van der Waals surface area contributed by atoms with Crippen LogP contribution in [0.4, 0.5) is 10.1 Å². The number of ether oxygens (including phenoxy) is 1. The number of benzene rings is 1. The quantitative estimate of drug-likeness (QED) is 0.751. The molecule has 0 aliphatic heterocycles. The summed E-state index contributed by atoms with van der Waals surface area (Å²) in [5.41, 5.74) is 2.74. The van der Waals surface area contributed by atoms with Crippen molar-refractivity contribution in [1.82, 2.24) is 9.97 Å². The van der Waals surface area contributed by atoms with Gasteiger partial charge in [-0.25, -0.2) is 9.37 Å². The summed E-state index contributed by atoms with van der Waals surface area (Å²) in [6, 6.07) is 8.42. The fraction of sp³-hybridized carbons (Fsp3) is 0.188. The van der Waals surface area contributed by atoms with Gasteiger partial charge >= 0.3 is 0 Å². The summed E-state index contributed by atoms with van der Waals surface area (Å²) < 4.78 is 18.7. The third kappa shape index (κ3) is 2.81. The molecule has 5 heteroatoms. The monoisotopic (exact) mass is 285 g/mol. The first-order chi connectivity index (χ1) is 10.3. The number of aromatic amines is 1. The lowest BCUT2D eigenvalue weighted by molar-refractivity contribution is 0.340. The van der Waals surface area contributed by atoms with Gasteiger partial charge in [0.05, 0.1) is 12.3 Å². The van der Waals surface area contributed by atoms with Crippen molar-refractivity contribution in [2.75, 3.05) is 11.9 Å². The van der Waals surface area contributed by atoms with E-state index in [-0.39, 0.29) is 5.82 Å². The summed E-state index contributed by atoms with van der Waals surface area (Å²) in [5, 5.41) is 4.35. The van der Waals surface area contributed by atoms with Crippen molar-refractivity contribution in [2.45, 2.75) is 13.5 Å². The van der Waals surface area contributed by atoms with E-state index >= 15 is 0 Å². The lowest BCUT2D eigenvalue weighted by Gasteiger charge is -2.12. The molecule has 0 saturated heterocycles. The number of pyridine rings is 1. The number of H-pyrrole nitrogens is 1. The van der Waals surface area contributed by atoms with Gasteiger partial charge in [0.2, 0.25) is 0 Å². The molecule has 0 aliphatic carbocycles. The first-order valence-corrected chi connectivity index (χ1v) is 6.85. The Kier molecular flexibility index (Phi) is 3.73. The first-order valence-electron chi connectivity index (χ1n) is 6.85. The second-order valence-electron chi connectivity index (χ2n) is 4.64. The molecule has 1 aromatic carbocycles. The normalized spacial score (nSPS) is 10.8. The fourth-order valence-corrected chi connectivity index (χ4v) is 2.27. The van der Waals surface area contributed by atoms with E-state index in [2.05, 4.69) is 15.3 Å². The molecule has 3 rings (SSSR count). The number of nitrogens with zero attached hydrogens (tertiary/aromatic N) is 1. The number of aromatic nitrogens is 2. The zero-order valence-corrected chi connectivity index (χ0v) is 11.7. The lowest BCUT2D eigenvalue weighted by Crippen LogP contribution is -2.02. The topological polar surface area (TPSA) is 49.9 Å². The van der Waals surface area contributed by atoms with Crippen LogP contribution in [0.1, 0.15) is 12.5 Å². The van der Waals surface area contributed by atoms with Crippen LogP contribution in [0.25, 0.3) is 11.0 Å². The van der Waals surface area contributed by atoms with Gasteiger partial charge in [-0.05, 0) is 36.8 Å². The standard InChI is InChI=1S/C16H16FN3O/c1-2-21-15-8-12(17)5-6-14(15)19-9-11-10-20-16-13(11)4-3-7-18-16/h3-8,10,19H,2,9H2,1H3,(H,18,20). The molecule has 0 fully saturated rings. The van der Waals surface area contributed by atoms with E-state index in [0.717, 1.165) is 22.3 Å². The zero-order chi connectivity index (χ0) is 14.7. The number of rotatable bonds is 5. The van der Waals surface area contributed by atoms with E-state index in [1.165, 1.54) is 12.1 Å². The summed E-state index contributed by atoms with van der Waals surface area (Å²) in [4.78, 5) is 7.39. The number of anilines is 1. The van der Waals surface area contributed by atoms with Gasteiger partial charge in [-0.15, -0.1) is 0 Å². The zero-order valence-electron chi connectivity index (χ0n) is 11.7. The van der Waals surface area contributed by atoms with Crippen LogP contribution in [0.3, 0.4) is 0 Å². The van der Waals surface area contributed by atoms with E-state index in [9.17, 15) is 4.39 Å². The minimum atomic E-state index is -0.305. The van der Waals surface area contributed by atoms with Crippen molar-refractivity contribution in [3.05, 3.63) is 54.1 Å². The molecule has 0 amide bonds. The Morgan fingerprint density at radius 2 is 2.24 bits per heavy atom. The average molecular weight is 285 g/mol. The predicted octanol–water partition coefficient (Wildman–Crippen LogP) is 3.71. The average Bonchev–Trinajstić information content (AvgIpc) is 2.90. The molecule has 0 radical (unpaired) electrons. The lowest BCUT2D eigenvalue weighted by atomic mass is 10.2. The molecular weight excluding hydrogens is 269 g/mol.